The van der Waals surface area contributed by atoms with Gasteiger partial charge in [0.1, 0.15) is 5.69 Å². The maximum absolute atomic E-state index is 11.9. The zero-order chi connectivity index (χ0) is 11.5. The van der Waals surface area contributed by atoms with Crippen LogP contribution in [0.5, 0.6) is 0 Å². The molecule has 1 aliphatic rings. The SMILES string of the molecule is NCCCSC1=CC(=O)c2[nH]ncc2C1=O. The largest absolute Gasteiger partial charge is 0.330 e. The zero-order valence-corrected chi connectivity index (χ0v) is 9.34. The summed E-state index contributed by atoms with van der Waals surface area (Å²) in [5, 5.41) is 6.24. The molecule has 0 bridgehead atoms. The lowest BCUT2D eigenvalue weighted by Crippen LogP contribution is -2.14. The number of Topliss-reactive ketones (excluding diaryl/α,β-unsaturated/α-hetero) is 1. The first kappa shape index (κ1) is 11.1. The third-order valence-corrected chi connectivity index (χ3v) is 3.33. The molecule has 0 amide bonds. The first-order valence-electron chi connectivity index (χ1n) is 4.91. The van der Waals surface area contributed by atoms with Gasteiger partial charge in [0, 0.05) is 6.08 Å². The van der Waals surface area contributed by atoms with E-state index in [1.54, 1.807) is 0 Å². The Morgan fingerprint density at radius 1 is 1.44 bits per heavy atom. The summed E-state index contributed by atoms with van der Waals surface area (Å²) in [7, 11) is 0. The fraction of sp³-hybridized carbons (Fsp3) is 0.300. The molecule has 3 N–H and O–H groups in total. The summed E-state index contributed by atoms with van der Waals surface area (Å²) in [4.78, 5) is 24.0. The quantitative estimate of drug-likeness (QED) is 0.754. The van der Waals surface area contributed by atoms with Gasteiger partial charge in [-0.3, -0.25) is 14.7 Å². The van der Waals surface area contributed by atoms with Crippen molar-refractivity contribution in [2.24, 2.45) is 5.73 Å². The van der Waals surface area contributed by atoms with Gasteiger partial charge in [0.2, 0.25) is 11.6 Å². The molecule has 1 aromatic rings. The van der Waals surface area contributed by atoms with E-state index in [0.29, 0.717) is 17.0 Å². The second-order valence-corrected chi connectivity index (χ2v) is 4.49. The number of nitrogens with two attached hydrogens (primary N) is 1. The number of thioether (sulfide) groups is 1. The highest BCUT2D eigenvalue weighted by Crippen LogP contribution is 2.27. The zero-order valence-electron chi connectivity index (χ0n) is 8.53. The predicted octanol–water partition coefficient (Wildman–Crippen LogP) is 0.755. The predicted molar refractivity (Wildman–Crippen MR) is 61.5 cm³/mol. The molecular weight excluding hydrogens is 226 g/mol. The molecule has 5 nitrogen and oxygen atoms in total. The Kier molecular flexibility index (Phi) is 3.21. The van der Waals surface area contributed by atoms with Crippen LogP contribution in [0.2, 0.25) is 0 Å². The standard InChI is InChI=1S/C10H11N3O2S/c11-2-1-3-16-8-4-7(14)9-6(10(8)15)5-12-13-9/h4-5H,1-3,11H2,(H,12,13). The summed E-state index contributed by atoms with van der Waals surface area (Å²) in [5.74, 6) is 0.418. The first-order chi connectivity index (χ1) is 7.74. The lowest BCUT2D eigenvalue weighted by Gasteiger charge is -2.09. The molecular formula is C10H11N3O2S. The van der Waals surface area contributed by atoms with Crippen LogP contribution in [0.3, 0.4) is 0 Å². The second kappa shape index (κ2) is 4.63. The van der Waals surface area contributed by atoms with Crippen molar-refractivity contribution < 1.29 is 9.59 Å². The van der Waals surface area contributed by atoms with Crippen LogP contribution in [0.15, 0.2) is 17.2 Å². The van der Waals surface area contributed by atoms with Gasteiger partial charge in [-0.25, -0.2) is 0 Å². The number of carbonyl (C=O) groups is 2. The van der Waals surface area contributed by atoms with Crippen LogP contribution in [-0.2, 0) is 0 Å². The minimum Gasteiger partial charge on any atom is -0.330 e. The highest BCUT2D eigenvalue weighted by Gasteiger charge is 2.27. The summed E-state index contributed by atoms with van der Waals surface area (Å²) < 4.78 is 0. The Morgan fingerprint density at radius 3 is 3.00 bits per heavy atom. The summed E-state index contributed by atoms with van der Waals surface area (Å²) in [6.45, 7) is 0.583. The molecule has 6 heteroatoms. The summed E-state index contributed by atoms with van der Waals surface area (Å²) in [5.41, 5.74) is 6.02. The third kappa shape index (κ3) is 1.94. The van der Waals surface area contributed by atoms with Gasteiger partial charge in [-0.05, 0) is 18.7 Å². The van der Waals surface area contributed by atoms with Crippen LogP contribution in [0.25, 0.3) is 0 Å². The van der Waals surface area contributed by atoms with E-state index in [1.807, 2.05) is 0 Å². The van der Waals surface area contributed by atoms with Gasteiger partial charge in [-0.15, -0.1) is 11.8 Å². The number of hydrogen-bond donors (Lipinski definition) is 2. The highest BCUT2D eigenvalue weighted by atomic mass is 32.2. The van der Waals surface area contributed by atoms with E-state index in [9.17, 15) is 9.59 Å². The number of hydrogen-bond acceptors (Lipinski definition) is 5. The third-order valence-electron chi connectivity index (χ3n) is 2.22. The topological polar surface area (TPSA) is 88.8 Å². The minimum atomic E-state index is -0.192. The van der Waals surface area contributed by atoms with Crippen LogP contribution in [0.1, 0.15) is 27.3 Å². The average molecular weight is 237 g/mol. The van der Waals surface area contributed by atoms with Crippen molar-refractivity contribution in [3.63, 3.8) is 0 Å². The lowest BCUT2D eigenvalue weighted by molar-refractivity contribution is 0.0989. The number of aromatic amines is 1. The average Bonchev–Trinajstić information content (AvgIpc) is 2.75. The first-order valence-corrected chi connectivity index (χ1v) is 5.89. The van der Waals surface area contributed by atoms with Crippen LogP contribution in [0.4, 0.5) is 0 Å². The number of nitrogens with zero attached hydrogens (tertiary/aromatic N) is 1. The van der Waals surface area contributed by atoms with E-state index in [2.05, 4.69) is 10.2 Å². The van der Waals surface area contributed by atoms with E-state index < -0.39 is 0 Å². The molecule has 0 saturated heterocycles. The van der Waals surface area contributed by atoms with Gasteiger partial charge in [-0.2, -0.15) is 5.10 Å². The molecule has 1 aromatic heterocycles. The number of fused-ring (bicyclic) bond motifs is 1. The normalized spacial score (nSPS) is 14.9. The van der Waals surface area contributed by atoms with E-state index in [1.165, 1.54) is 24.0 Å². The van der Waals surface area contributed by atoms with Gasteiger partial charge in [0.05, 0.1) is 16.7 Å². The fourth-order valence-corrected chi connectivity index (χ4v) is 2.37. The molecule has 0 saturated carbocycles. The molecule has 0 fully saturated rings. The summed E-state index contributed by atoms with van der Waals surface area (Å²) >= 11 is 1.37. The maximum atomic E-state index is 11.9. The van der Waals surface area contributed by atoms with Gasteiger partial charge in [0.15, 0.2) is 0 Å². The van der Waals surface area contributed by atoms with E-state index >= 15 is 0 Å². The van der Waals surface area contributed by atoms with Gasteiger partial charge >= 0.3 is 0 Å². The van der Waals surface area contributed by atoms with E-state index in [0.717, 1.165) is 12.2 Å². The number of ketones is 2. The molecule has 1 heterocycles. The number of rotatable bonds is 4. The molecule has 0 unspecified atom stereocenters. The van der Waals surface area contributed by atoms with Crippen LogP contribution < -0.4 is 5.73 Å². The van der Waals surface area contributed by atoms with Gasteiger partial charge in [-0.1, -0.05) is 0 Å². The molecule has 0 aliphatic heterocycles. The number of carbonyl (C=O) groups excluding carboxylic acids is 2. The number of H-pyrrole nitrogens is 1. The Labute approximate surface area is 96.5 Å². The van der Waals surface area contributed by atoms with Crippen LogP contribution in [0, 0.1) is 0 Å². The van der Waals surface area contributed by atoms with Crippen molar-refractivity contribution >= 4 is 23.3 Å². The second-order valence-electron chi connectivity index (χ2n) is 3.35. The molecule has 1 aliphatic carbocycles. The van der Waals surface area contributed by atoms with Crippen molar-refractivity contribution in [2.45, 2.75) is 6.42 Å². The monoisotopic (exact) mass is 237 g/mol. The minimum absolute atomic E-state index is 0.134. The molecule has 0 radical (unpaired) electrons. The molecule has 0 aromatic carbocycles. The van der Waals surface area contributed by atoms with E-state index in [-0.39, 0.29) is 17.3 Å². The Bertz CT molecular complexity index is 464. The Morgan fingerprint density at radius 2 is 2.25 bits per heavy atom. The molecule has 0 spiro atoms. The number of nitrogens with one attached hydrogen (secondary N) is 1. The van der Waals surface area contributed by atoms with E-state index in [4.69, 9.17) is 5.73 Å². The van der Waals surface area contributed by atoms with Crippen molar-refractivity contribution in [3.05, 3.63) is 28.4 Å². The molecule has 16 heavy (non-hydrogen) atoms. The smallest absolute Gasteiger partial charge is 0.205 e. The molecule has 2 rings (SSSR count). The number of aromatic nitrogens is 2. The summed E-state index contributed by atoms with van der Waals surface area (Å²) in [6, 6.07) is 0. The fourth-order valence-electron chi connectivity index (χ4n) is 1.41. The highest BCUT2D eigenvalue weighted by molar-refractivity contribution is 8.04. The number of allylic oxidation sites excluding steroid dienone is 2. The van der Waals surface area contributed by atoms with Crippen molar-refractivity contribution in [1.29, 1.82) is 0 Å². The van der Waals surface area contributed by atoms with Crippen LogP contribution in [-0.4, -0.2) is 34.1 Å². The molecule has 0 atom stereocenters. The van der Waals surface area contributed by atoms with Crippen molar-refractivity contribution in [1.82, 2.24) is 10.2 Å². The Hall–Kier alpha value is -1.40. The maximum Gasteiger partial charge on any atom is 0.205 e. The van der Waals surface area contributed by atoms with Crippen molar-refractivity contribution in [3.8, 4) is 0 Å². The van der Waals surface area contributed by atoms with Gasteiger partial charge < -0.3 is 5.73 Å². The van der Waals surface area contributed by atoms with Crippen molar-refractivity contribution in [2.75, 3.05) is 12.3 Å². The summed E-state index contributed by atoms with van der Waals surface area (Å²) in [6.07, 6.45) is 3.58. The molecule has 84 valence electrons. The Balaban J connectivity index is 2.17. The van der Waals surface area contributed by atoms with Gasteiger partial charge in [0.25, 0.3) is 0 Å². The van der Waals surface area contributed by atoms with Crippen LogP contribution >= 0.6 is 11.8 Å². The lowest BCUT2D eigenvalue weighted by atomic mass is 10.0.